The van der Waals surface area contributed by atoms with E-state index in [4.69, 9.17) is 5.11 Å². The molecule has 0 aliphatic rings. The van der Waals surface area contributed by atoms with Crippen molar-refractivity contribution in [2.75, 3.05) is 18.3 Å². The van der Waals surface area contributed by atoms with Gasteiger partial charge in [-0.3, -0.25) is 4.79 Å². The third-order valence-electron chi connectivity index (χ3n) is 2.57. The van der Waals surface area contributed by atoms with Crippen LogP contribution in [-0.2, 0) is 4.79 Å². The first-order valence-corrected chi connectivity index (χ1v) is 8.37. The molecule has 1 amide bonds. The number of hydrogen-bond donors (Lipinski definition) is 2. The van der Waals surface area contributed by atoms with Crippen molar-refractivity contribution in [3.63, 3.8) is 0 Å². The highest BCUT2D eigenvalue weighted by atomic mass is 32.2. The van der Waals surface area contributed by atoms with E-state index in [2.05, 4.69) is 5.32 Å². The van der Waals surface area contributed by atoms with Crippen molar-refractivity contribution in [3.8, 4) is 0 Å². The Balaban J connectivity index is 2.78. The fourth-order valence-corrected chi connectivity index (χ4v) is 2.63. The molecular weight excluding hydrogens is 282 g/mol. The molecule has 6 heteroatoms. The molecule has 0 heterocycles. The Hall–Kier alpha value is -1.14. The van der Waals surface area contributed by atoms with E-state index in [1.54, 1.807) is 23.9 Å². The molecule has 0 radical (unpaired) electrons. The molecule has 1 rings (SSSR count). The van der Waals surface area contributed by atoms with E-state index in [0.29, 0.717) is 17.7 Å². The van der Waals surface area contributed by atoms with Crippen LogP contribution in [0.25, 0.3) is 0 Å². The summed E-state index contributed by atoms with van der Waals surface area (Å²) in [6.07, 6.45) is 4.21. The van der Waals surface area contributed by atoms with Crippen molar-refractivity contribution in [1.29, 1.82) is 0 Å². The van der Waals surface area contributed by atoms with Gasteiger partial charge in [0.15, 0.2) is 0 Å². The van der Waals surface area contributed by atoms with E-state index in [1.165, 1.54) is 11.8 Å². The van der Waals surface area contributed by atoms with E-state index in [0.717, 1.165) is 4.90 Å². The predicted octanol–water partition coefficient (Wildman–Crippen LogP) is 2.34. The summed E-state index contributed by atoms with van der Waals surface area (Å²) in [6, 6.07) is 6.33. The number of hydrogen-bond acceptors (Lipinski definition) is 4. The molecule has 104 valence electrons. The van der Waals surface area contributed by atoms with Gasteiger partial charge in [-0.2, -0.15) is 11.8 Å². The van der Waals surface area contributed by atoms with Crippen LogP contribution in [0.2, 0.25) is 0 Å². The predicted molar refractivity (Wildman–Crippen MR) is 80.1 cm³/mol. The minimum absolute atomic E-state index is 0.335. The number of rotatable bonds is 7. The molecule has 0 bridgehead atoms. The lowest BCUT2D eigenvalue weighted by Crippen LogP contribution is -2.41. The fourth-order valence-electron chi connectivity index (χ4n) is 1.56. The summed E-state index contributed by atoms with van der Waals surface area (Å²) in [4.78, 5) is 24.0. The summed E-state index contributed by atoms with van der Waals surface area (Å²) in [5.74, 6) is -0.635. The number of carboxylic acid groups (broad SMARTS) is 1. The van der Waals surface area contributed by atoms with Crippen LogP contribution in [0.5, 0.6) is 0 Å². The standard InChI is InChI=1S/C13H17NO3S2/c1-18-8-7-10(13(16)17)14-12(15)9-5-3-4-6-11(9)19-2/h3-6,10H,7-8H2,1-2H3,(H,14,15)(H,16,17)/t10-/m1/s1. The van der Waals surface area contributed by atoms with Gasteiger partial charge in [0.1, 0.15) is 6.04 Å². The Bertz CT molecular complexity index is 451. The van der Waals surface area contributed by atoms with Crippen LogP contribution in [-0.4, -0.2) is 41.3 Å². The zero-order chi connectivity index (χ0) is 14.3. The molecule has 1 aromatic rings. The molecule has 0 aromatic heterocycles. The third-order valence-corrected chi connectivity index (χ3v) is 4.01. The van der Waals surface area contributed by atoms with Gasteiger partial charge in [-0.15, -0.1) is 11.8 Å². The van der Waals surface area contributed by atoms with Crippen LogP contribution in [0.1, 0.15) is 16.8 Å². The Morgan fingerprint density at radius 3 is 2.58 bits per heavy atom. The van der Waals surface area contributed by atoms with Gasteiger partial charge in [-0.25, -0.2) is 4.79 Å². The third kappa shape index (κ3) is 4.80. The lowest BCUT2D eigenvalue weighted by molar-refractivity contribution is -0.139. The molecule has 1 atom stereocenters. The van der Waals surface area contributed by atoms with Crippen molar-refractivity contribution in [3.05, 3.63) is 29.8 Å². The largest absolute Gasteiger partial charge is 0.480 e. The molecule has 0 spiro atoms. The summed E-state index contributed by atoms with van der Waals surface area (Å²) in [6.45, 7) is 0. The van der Waals surface area contributed by atoms with Crippen LogP contribution < -0.4 is 5.32 Å². The molecule has 0 saturated heterocycles. The van der Waals surface area contributed by atoms with Crippen LogP contribution in [0.15, 0.2) is 29.2 Å². The van der Waals surface area contributed by atoms with Gasteiger partial charge >= 0.3 is 5.97 Å². The van der Waals surface area contributed by atoms with Crippen molar-refractivity contribution in [2.45, 2.75) is 17.4 Å². The van der Waals surface area contributed by atoms with Crippen LogP contribution in [0.4, 0.5) is 0 Å². The quantitative estimate of drug-likeness (QED) is 0.757. The average Bonchev–Trinajstić information content (AvgIpc) is 2.42. The first-order valence-electron chi connectivity index (χ1n) is 5.75. The number of carbonyl (C=O) groups is 2. The Morgan fingerprint density at radius 1 is 1.32 bits per heavy atom. The SMILES string of the molecule is CSCC[C@@H](NC(=O)c1ccccc1SC)C(=O)O. The molecular formula is C13H17NO3S2. The second-order valence-corrected chi connectivity index (χ2v) is 5.68. The Morgan fingerprint density at radius 2 is 2.00 bits per heavy atom. The van der Waals surface area contributed by atoms with Gasteiger partial charge in [0, 0.05) is 4.90 Å². The van der Waals surface area contributed by atoms with Crippen molar-refractivity contribution >= 4 is 35.4 Å². The first kappa shape index (κ1) is 15.9. The minimum Gasteiger partial charge on any atom is -0.480 e. The molecule has 0 aliphatic heterocycles. The normalized spacial score (nSPS) is 11.9. The van der Waals surface area contributed by atoms with E-state index in [-0.39, 0.29) is 5.91 Å². The maximum absolute atomic E-state index is 12.1. The number of amides is 1. The van der Waals surface area contributed by atoms with E-state index >= 15 is 0 Å². The molecule has 2 N–H and O–H groups in total. The van der Waals surface area contributed by atoms with Gasteiger partial charge in [0.2, 0.25) is 0 Å². The molecule has 0 aliphatic carbocycles. The maximum atomic E-state index is 12.1. The summed E-state index contributed by atoms with van der Waals surface area (Å²) in [5.41, 5.74) is 0.519. The number of carbonyl (C=O) groups excluding carboxylic acids is 1. The molecule has 0 unspecified atom stereocenters. The summed E-state index contributed by atoms with van der Waals surface area (Å²) in [5, 5.41) is 11.7. The molecule has 0 fully saturated rings. The number of aliphatic carboxylic acids is 1. The monoisotopic (exact) mass is 299 g/mol. The lowest BCUT2D eigenvalue weighted by Gasteiger charge is -2.15. The molecule has 0 saturated carbocycles. The van der Waals surface area contributed by atoms with E-state index in [9.17, 15) is 9.59 Å². The highest BCUT2D eigenvalue weighted by Crippen LogP contribution is 2.19. The van der Waals surface area contributed by atoms with Crippen molar-refractivity contribution < 1.29 is 14.7 Å². The van der Waals surface area contributed by atoms with Gasteiger partial charge in [0.05, 0.1) is 5.56 Å². The number of thioether (sulfide) groups is 2. The van der Waals surface area contributed by atoms with Crippen LogP contribution >= 0.6 is 23.5 Å². The zero-order valence-corrected chi connectivity index (χ0v) is 12.5. The second-order valence-electron chi connectivity index (χ2n) is 3.85. The fraction of sp³-hybridized carbons (Fsp3) is 0.385. The number of carboxylic acids is 1. The van der Waals surface area contributed by atoms with Crippen molar-refractivity contribution in [1.82, 2.24) is 5.32 Å². The topological polar surface area (TPSA) is 66.4 Å². The van der Waals surface area contributed by atoms with E-state index in [1.807, 2.05) is 24.6 Å². The molecule has 19 heavy (non-hydrogen) atoms. The number of nitrogens with one attached hydrogen (secondary N) is 1. The van der Waals surface area contributed by atoms with E-state index < -0.39 is 12.0 Å². The average molecular weight is 299 g/mol. The molecule has 1 aromatic carbocycles. The smallest absolute Gasteiger partial charge is 0.326 e. The zero-order valence-electron chi connectivity index (χ0n) is 10.9. The minimum atomic E-state index is -0.996. The van der Waals surface area contributed by atoms with Crippen LogP contribution in [0.3, 0.4) is 0 Å². The Labute approximate surface area is 121 Å². The van der Waals surface area contributed by atoms with Crippen molar-refractivity contribution in [2.24, 2.45) is 0 Å². The second kappa shape index (κ2) is 8.12. The Kier molecular flexibility index (Phi) is 6.80. The van der Waals surface area contributed by atoms with Gasteiger partial charge in [-0.05, 0) is 36.8 Å². The van der Waals surface area contributed by atoms with Gasteiger partial charge in [0.25, 0.3) is 5.91 Å². The highest BCUT2D eigenvalue weighted by molar-refractivity contribution is 7.98. The summed E-state index contributed by atoms with van der Waals surface area (Å²) >= 11 is 3.02. The van der Waals surface area contributed by atoms with Crippen LogP contribution in [0, 0.1) is 0 Å². The number of benzene rings is 1. The van der Waals surface area contributed by atoms with Gasteiger partial charge in [-0.1, -0.05) is 12.1 Å². The maximum Gasteiger partial charge on any atom is 0.326 e. The first-order chi connectivity index (χ1) is 9.10. The van der Waals surface area contributed by atoms with Gasteiger partial charge < -0.3 is 10.4 Å². The lowest BCUT2D eigenvalue weighted by atomic mass is 10.1. The highest BCUT2D eigenvalue weighted by Gasteiger charge is 2.21. The summed E-state index contributed by atoms with van der Waals surface area (Å²) < 4.78 is 0. The molecule has 4 nitrogen and oxygen atoms in total. The summed E-state index contributed by atoms with van der Waals surface area (Å²) in [7, 11) is 0.